The van der Waals surface area contributed by atoms with Crippen LogP contribution in [0.5, 0.6) is 0 Å². The van der Waals surface area contributed by atoms with Crippen molar-refractivity contribution in [3.8, 4) is 0 Å². The molecule has 6 heteroatoms. The minimum atomic E-state index is -0.772. The third kappa shape index (κ3) is 3.81. The molecule has 2 heterocycles. The zero-order valence-electron chi connectivity index (χ0n) is 18.3. The minimum Gasteiger partial charge on any atom is -0.307 e. The molecule has 1 N–H and O–H groups in total. The molecule has 3 aliphatic rings. The molecule has 2 fully saturated rings. The lowest BCUT2D eigenvalue weighted by atomic mass is 9.94. The Morgan fingerprint density at radius 1 is 0.969 bits per heavy atom. The van der Waals surface area contributed by atoms with Crippen LogP contribution in [-0.2, 0) is 9.59 Å². The first-order valence-electron chi connectivity index (χ1n) is 11.9. The Morgan fingerprint density at radius 2 is 1.75 bits per heavy atom. The number of benzene rings is 2. The van der Waals surface area contributed by atoms with Gasteiger partial charge in [0.25, 0.3) is 5.91 Å². The number of rotatable bonds is 4. The van der Waals surface area contributed by atoms with Crippen molar-refractivity contribution in [1.82, 2.24) is 5.32 Å². The smallest absolute Gasteiger partial charge is 0.255 e. The molecule has 2 atom stereocenters. The molecule has 2 aliphatic heterocycles. The highest BCUT2D eigenvalue weighted by Crippen LogP contribution is 2.44. The van der Waals surface area contributed by atoms with Crippen molar-refractivity contribution in [3.05, 3.63) is 59.9 Å². The topological polar surface area (TPSA) is 52.7 Å². The number of para-hydroxylation sites is 1. The Labute approximate surface area is 188 Å². The van der Waals surface area contributed by atoms with Crippen molar-refractivity contribution < 1.29 is 14.0 Å². The maximum atomic E-state index is 14.2. The second-order valence-electron chi connectivity index (χ2n) is 9.15. The zero-order valence-corrected chi connectivity index (χ0v) is 18.3. The highest BCUT2D eigenvalue weighted by atomic mass is 19.1. The second-order valence-corrected chi connectivity index (χ2v) is 9.15. The molecule has 0 aromatic heterocycles. The fraction of sp³-hybridized carbons (Fsp3) is 0.462. The number of carbonyl (C=O) groups is 2. The average molecular weight is 436 g/mol. The summed E-state index contributed by atoms with van der Waals surface area (Å²) in [4.78, 5) is 31.2. The highest BCUT2D eigenvalue weighted by molar-refractivity contribution is 6.12. The van der Waals surface area contributed by atoms with Crippen molar-refractivity contribution in [2.24, 2.45) is 0 Å². The molecule has 0 radical (unpaired) electrons. The lowest BCUT2D eigenvalue weighted by molar-refractivity contribution is -0.126. The molecule has 32 heavy (non-hydrogen) atoms. The van der Waals surface area contributed by atoms with Crippen LogP contribution >= 0.6 is 0 Å². The van der Waals surface area contributed by atoms with Crippen molar-refractivity contribution in [2.75, 3.05) is 16.3 Å². The molecule has 0 bridgehead atoms. The van der Waals surface area contributed by atoms with Gasteiger partial charge in [-0.1, -0.05) is 49.9 Å². The zero-order chi connectivity index (χ0) is 22.1. The summed E-state index contributed by atoms with van der Waals surface area (Å²) in [5.41, 5.74) is 2.15. The predicted octanol–water partition coefficient (Wildman–Crippen LogP) is 4.72. The fourth-order valence-corrected chi connectivity index (χ4v) is 5.55. The Morgan fingerprint density at radius 3 is 2.50 bits per heavy atom. The number of halogens is 1. The fourth-order valence-electron chi connectivity index (χ4n) is 5.55. The molecule has 1 saturated heterocycles. The predicted molar refractivity (Wildman–Crippen MR) is 123 cm³/mol. The number of amides is 2. The van der Waals surface area contributed by atoms with Gasteiger partial charge in [-0.15, -0.1) is 0 Å². The summed E-state index contributed by atoms with van der Waals surface area (Å²) < 4.78 is 14.2. The number of nitrogens with zero attached hydrogens (tertiary/aromatic N) is 2. The van der Waals surface area contributed by atoms with Gasteiger partial charge in [0.05, 0.1) is 6.04 Å². The number of carbonyl (C=O) groups excluding carboxylic acids is 2. The van der Waals surface area contributed by atoms with Gasteiger partial charge in [0, 0.05) is 23.0 Å². The Hall–Kier alpha value is -2.73. The van der Waals surface area contributed by atoms with E-state index in [0.717, 1.165) is 62.7 Å². The summed E-state index contributed by atoms with van der Waals surface area (Å²) in [7, 11) is 0. The van der Waals surface area contributed by atoms with Crippen molar-refractivity contribution in [1.29, 1.82) is 0 Å². The van der Waals surface area contributed by atoms with Gasteiger partial charge in [-0.2, -0.15) is 0 Å². The third-order valence-electron chi connectivity index (χ3n) is 7.09. The molecule has 2 amide bonds. The Kier molecular flexibility index (Phi) is 5.96. The van der Waals surface area contributed by atoms with Crippen molar-refractivity contribution >= 4 is 23.2 Å². The first-order chi connectivity index (χ1) is 15.6. The SMILES string of the molecule is O=C1C(N(C(=O)C2CCCCN2)c2cccc(F)c2)c2ccccc2N1C1CCCCC1. The van der Waals surface area contributed by atoms with Crippen LogP contribution in [0.3, 0.4) is 0 Å². The van der Waals surface area contributed by atoms with E-state index < -0.39 is 11.9 Å². The van der Waals surface area contributed by atoms with E-state index in [2.05, 4.69) is 5.32 Å². The molecule has 1 saturated carbocycles. The van der Waals surface area contributed by atoms with E-state index >= 15 is 0 Å². The number of hydrogen-bond acceptors (Lipinski definition) is 3. The summed E-state index contributed by atoms with van der Waals surface area (Å²) >= 11 is 0. The van der Waals surface area contributed by atoms with Crippen LogP contribution in [0.2, 0.25) is 0 Å². The van der Waals surface area contributed by atoms with E-state index in [1.165, 1.54) is 18.6 Å². The molecular weight excluding hydrogens is 405 g/mol. The minimum absolute atomic E-state index is 0.0773. The number of hydrogen-bond donors (Lipinski definition) is 1. The van der Waals surface area contributed by atoms with Crippen molar-refractivity contribution in [3.63, 3.8) is 0 Å². The lowest BCUT2D eigenvalue weighted by Crippen LogP contribution is -2.52. The van der Waals surface area contributed by atoms with E-state index in [4.69, 9.17) is 0 Å². The number of nitrogens with one attached hydrogen (secondary N) is 1. The summed E-state index contributed by atoms with van der Waals surface area (Å²) in [5, 5.41) is 3.31. The largest absolute Gasteiger partial charge is 0.307 e. The molecule has 168 valence electrons. The average Bonchev–Trinajstić information content (AvgIpc) is 3.12. The molecular formula is C26H30FN3O2. The first-order valence-corrected chi connectivity index (χ1v) is 11.9. The molecule has 2 aromatic carbocycles. The van der Waals surface area contributed by atoms with Crippen LogP contribution in [0.4, 0.5) is 15.8 Å². The number of fused-ring (bicyclic) bond motifs is 1. The summed E-state index contributed by atoms with van der Waals surface area (Å²) in [6.45, 7) is 0.775. The maximum Gasteiger partial charge on any atom is 0.255 e. The molecule has 0 spiro atoms. The Bertz CT molecular complexity index is 998. The van der Waals surface area contributed by atoms with E-state index in [1.54, 1.807) is 17.0 Å². The monoisotopic (exact) mass is 435 g/mol. The summed E-state index contributed by atoms with van der Waals surface area (Å²) in [5.74, 6) is -0.653. The van der Waals surface area contributed by atoms with Gasteiger partial charge >= 0.3 is 0 Å². The van der Waals surface area contributed by atoms with Crippen LogP contribution < -0.4 is 15.1 Å². The van der Waals surface area contributed by atoms with E-state index in [1.807, 2.05) is 29.2 Å². The van der Waals surface area contributed by atoms with Gasteiger partial charge < -0.3 is 10.2 Å². The molecule has 2 unspecified atom stereocenters. The van der Waals surface area contributed by atoms with Crippen LogP contribution in [0, 0.1) is 5.82 Å². The number of anilines is 2. The quantitative estimate of drug-likeness (QED) is 0.756. The Balaban J connectivity index is 1.58. The molecule has 1 aliphatic carbocycles. The normalized spacial score (nSPS) is 23.8. The van der Waals surface area contributed by atoms with Gasteiger partial charge in [-0.3, -0.25) is 14.5 Å². The highest BCUT2D eigenvalue weighted by Gasteiger charge is 2.46. The summed E-state index contributed by atoms with van der Waals surface area (Å²) in [6.07, 6.45) is 8.09. The molecule has 2 aromatic rings. The van der Waals surface area contributed by atoms with Crippen LogP contribution in [0.1, 0.15) is 63.0 Å². The van der Waals surface area contributed by atoms with E-state index in [0.29, 0.717) is 5.69 Å². The second kappa shape index (κ2) is 9.02. The van der Waals surface area contributed by atoms with Crippen LogP contribution in [-0.4, -0.2) is 30.4 Å². The maximum absolute atomic E-state index is 14.2. The van der Waals surface area contributed by atoms with Gasteiger partial charge in [-0.25, -0.2) is 4.39 Å². The van der Waals surface area contributed by atoms with Gasteiger partial charge in [0.1, 0.15) is 11.9 Å². The van der Waals surface area contributed by atoms with Crippen LogP contribution in [0.25, 0.3) is 0 Å². The third-order valence-corrected chi connectivity index (χ3v) is 7.09. The van der Waals surface area contributed by atoms with Crippen LogP contribution in [0.15, 0.2) is 48.5 Å². The lowest BCUT2D eigenvalue weighted by Gasteiger charge is -2.35. The van der Waals surface area contributed by atoms with Crippen molar-refractivity contribution in [2.45, 2.75) is 69.5 Å². The molecule has 5 rings (SSSR count). The van der Waals surface area contributed by atoms with Gasteiger partial charge in [0.2, 0.25) is 5.91 Å². The van der Waals surface area contributed by atoms with Gasteiger partial charge in [0.15, 0.2) is 0 Å². The van der Waals surface area contributed by atoms with Gasteiger partial charge in [-0.05, 0) is 56.5 Å². The van der Waals surface area contributed by atoms with E-state index in [-0.39, 0.29) is 23.9 Å². The van der Waals surface area contributed by atoms with E-state index in [9.17, 15) is 14.0 Å². The first kappa shape index (κ1) is 21.1. The number of piperidine rings is 1. The summed E-state index contributed by atoms with van der Waals surface area (Å²) in [6, 6.07) is 12.8. The molecule has 5 nitrogen and oxygen atoms in total. The standard InChI is InChI=1S/C26H30FN3O2/c27-18-9-8-12-20(17-18)30(25(31)22-14-6-7-16-28-22)24-21-13-4-5-15-23(21)29(26(24)32)19-10-2-1-3-11-19/h4-5,8-9,12-13,15,17,19,22,24,28H,1-3,6-7,10-11,14,16H2.